The van der Waals surface area contributed by atoms with E-state index in [9.17, 15) is 18.0 Å². The Labute approximate surface area is 210 Å². The van der Waals surface area contributed by atoms with Gasteiger partial charge in [-0.2, -0.15) is 18.4 Å². The van der Waals surface area contributed by atoms with Crippen LogP contribution in [0.4, 0.5) is 28.9 Å². The van der Waals surface area contributed by atoms with E-state index < -0.39 is 40.7 Å². The van der Waals surface area contributed by atoms with Gasteiger partial charge >= 0.3 is 6.18 Å². The van der Waals surface area contributed by atoms with Crippen molar-refractivity contribution in [3.63, 3.8) is 0 Å². The Morgan fingerprint density at radius 2 is 1.81 bits per heavy atom. The first-order valence-electron chi connectivity index (χ1n) is 10.9. The van der Waals surface area contributed by atoms with Gasteiger partial charge in [0.1, 0.15) is 17.7 Å². The van der Waals surface area contributed by atoms with Gasteiger partial charge in [0.25, 0.3) is 5.91 Å². The van der Waals surface area contributed by atoms with E-state index >= 15 is 4.39 Å². The van der Waals surface area contributed by atoms with Crippen LogP contribution >= 0.6 is 12.2 Å². The molecule has 4 rings (SSSR count). The summed E-state index contributed by atoms with van der Waals surface area (Å²) < 4.78 is 66.6. The number of anilines is 2. The molecule has 1 amide bonds. The van der Waals surface area contributed by atoms with Gasteiger partial charge in [0, 0.05) is 32.0 Å². The maximum atomic E-state index is 15.0. The summed E-state index contributed by atoms with van der Waals surface area (Å²) in [6, 6.07) is 8.51. The molecule has 0 bridgehead atoms. The number of thiocarbonyl (C=S) groups is 1. The zero-order chi connectivity index (χ0) is 26.4. The van der Waals surface area contributed by atoms with Crippen LogP contribution in [-0.2, 0) is 15.7 Å². The number of halogens is 4. The fraction of sp³-hybridized carbons (Fsp3) is 0.375. The lowest BCUT2D eigenvalue weighted by Crippen LogP contribution is -2.44. The highest BCUT2D eigenvalue weighted by atomic mass is 32.1. The Bertz CT molecular complexity index is 1260. The fourth-order valence-electron chi connectivity index (χ4n) is 4.33. The number of amides is 1. The third-order valence-electron chi connectivity index (χ3n) is 6.22. The third kappa shape index (κ3) is 4.38. The van der Waals surface area contributed by atoms with E-state index in [0.717, 1.165) is 17.0 Å². The molecule has 2 aliphatic rings. The second kappa shape index (κ2) is 9.31. The van der Waals surface area contributed by atoms with Crippen molar-refractivity contribution >= 4 is 34.6 Å². The van der Waals surface area contributed by atoms with Crippen LogP contribution in [0.1, 0.15) is 25.0 Å². The highest BCUT2D eigenvalue weighted by Crippen LogP contribution is 2.40. The summed E-state index contributed by atoms with van der Waals surface area (Å²) in [5.41, 5.74) is -3.02. The number of methoxy groups -OCH3 is 1. The lowest BCUT2D eigenvalue weighted by Gasteiger charge is -2.30. The number of benzene rings is 2. The van der Waals surface area contributed by atoms with Gasteiger partial charge in [-0.15, -0.1) is 0 Å². The number of nitrogens with zero attached hydrogens (tertiary/aromatic N) is 3. The minimum Gasteiger partial charge on any atom is -0.483 e. The van der Waals surface area contributed by atoms with Crippen LogP contribution in [0.3, 0.4) is 0 Å². The van der Waals surface area contributed by atoms with E-state index in [0.29, 0.717) is 19.2 Å². The number of carbonyl (C=O) groups excluding carboxylic acids is 1. The van der Waals surface area contributed by atoms with E-state index in [4.69, 9.17) is 27.0 Å². The largest absolute Gasteiger partial charge is 0.483 e. The number of nitriles is 1. The predicted molar refractivity (Wildman–Crippen MR) is 127 cm³/mol. The van der Waals surface area contributed by atoms with Gasteiger partial charge in [-0.3, -0.25) is 9.69 Å². The van der Waals surface area contributed by atoms with Crippen LogP contribution < -0.4 is 19.9 Å². The van der Waals surface area contributed by atoms with Crippen molar-refractivity contribution in [2.45, 2.75) is 37.8 Å². The maximum Gasteiger partial charge on any atom is 0.417 e. The lowest BCUT2D eigenvalue weighted by atomic mass is 10.0. The Balaban J connectivity index is 1.67. The zero-order valence-electron chi connectivity index (χ0n) is 19.5. The van der Waals surface area contributed by atoms with E-state index in [-0.39, 0.29) is 28.3 Å². The van der Waals surface area contributed by atoms with Gasteiger partial charge in [-0.25, -0.2) is 4.39 Å². The summed E-state index contributed by atoms with van der Waals surface area (Å²) in [4.78, 5) is 15.6. The highest BCUT2D eigenvalue weighted by Gasteiger charge is 2.51. The van der Waals surface area contributed by atoms with Gasteiger partial charge in [0.2, 0.25) is 0 Å². The number of nitrogens with one attached hydrogen (secondary N) is 1. The molecule has 7 nitrogen and oxygen atoms in total. The molecule has 0 spiro atoms. The van der Waals surface area contributed by atoms with E-state index in [2.05, 4.69) is 5.32 Å². The van der Waals surface area contributed by atoms with Crippen LogP contribution in [0.5, 0.6) is 5.75 Å². The topological polar surface area (TPSA) is 77.8 Å². The molecule has 2 aliphatic heterocycles. The number of ether oxygens (including phenoxy) is 2. The fourth-order valence-corrected chi connectivity index (χ4v) is 4.85. The van der Waals surface area contributed by atoms with Crippen LogP contribution in [0.25, 0.3) is 0 Å². The molecule has 2 unspecified atom stereocenters. The van der Waals surface area contributed by atoms with Crippen LogP contribution in [0, 0.1) is 17.1 Å². The predicted octanol–water partition coefficient (Wildman–Crippen LogP) is 4.00. The van der Waals surface area contributed by atoms with Gasteiger partial charge in [-0.1, -0.05) is 0 Å². The molecular formula is C24H22F4N4O3S. The van der Waals surface area contributed by atoms with E-state index in [1.165, 1.54) is 50.1 Å². The summed E-state index contributed by atoms with van der Waals surface area (Å²) in [5, 5.41) is 12.0. The quantitative estimate of drug-likeness (QED) is 0.470. The summed E-state index contributed by atoms with van der Waals surface area (Å²) in [7, 11) is 1.54. The van der Waals surface area contributed by atoms with Crippen molar-refractivity contribution in [2.24, 2.45) is 0 Å². The Kier molecular flexibility index (Phi) is 6.68. The Morgan fingerprint density at radius 3 is 2.42 bits per heavy atom. The van der Waals surface area contributed by atoms with Gasteiger partial charge < -0.3 is 19.7 Å². The molecule has 2 atom stereocenters. The summed E-state index contributed by atoms with van der Waals surface area (Å²) in [5.74, 6) is -1.31. The second-order valence-electron chi connectivity index (χ2n) is 8.86. The SMILES string of the molecule is COC1CNCC1Oc1ccc(N2C(=S)N(c3ccc(C#N)c(C(F)(F)F)c3)C(=O)C2(C)C)cc1F. The summed E-state index contributed by atoms with van der Waals surface area (Å²) in [6.07, 6.45) is -5.44. The average molecular weight is 523 g/mol. The molecule has 0 saturated carbocycles. The third-order valence-corrected chi connectivity index (χ3v) is 6.58. The second-order valence-corrected chi connectivity index (χ2v) is 9.23. The number of carbonyl (C=O) groups is 1. The molecule has 36 heavy (non-hydrogen) atoms. The molecule has 2 saturated heterocycles. The maximum absolute atomic E-state index is 15.0. The molecule has 12 heteroatoms. The first-order chi connectivity index (χ1) is 16.9. The number of hydrogen-bond acceptors (Lipinski definition) is 6. The normalized spacial score (nSPS) is 21.7. The number of rotatable bonds is 5. The summed E-state index contributed by atoms with van der Waals surface area (Å²) >= 11 is 5.48. The molecular weight excluding hydrogens is 500 g/mol. The van der Waals surface area contributed by atoms with Gasteiger partial charge in [0.15, 0.2) is 16.7 Å². The first-order valence-corrected chi connectivity index (χ1v) is 11.3. The summed E-state index contributed by atoms with van der Waals surface area (Å²) in [6.45, 7) is 4.12. The van der Waals surface area contributed by atoms with Crippen LogP contribution in [0.15, 0.2) is 36.4 Å². The molecule has 2 aromatic carbocycles. The van der Waals surface area contributed by atoms with E-state index in [1.807, 2.05) is 0 Å². The molecule has 2 fully saturated rings. The standard InChI is InChI=1S/C24H22F4N4O3S/c1-23(2)21(33)31(14-5-4-13(10-29)16(8-14)24(26,27)28)22(36)32(23)15-6-7-18(17(25)9-15)35-20-12-30-11-19(20)34-3/h4-9,19-20,30H,11-12H2,1-3H3. The average Bonchev–Trinajstić information content (AvgIpc) is 3.33. The molecule has 1 N–H and O–H groups in total. The van der Waals surface area contributed by atoms with Crippen molar-refractivity contribution < 1.29 is 31.8 Å². The van der Waals surface area contributed by atoms with Crippen molar-refractivity contribution in [1.29, 1.82) is 5.26 Å². The smallest absolute Gasteiger partial charge is 0.417 e. The minimum absolute atomic E-state index is 0.0116. The van der Waals surface area contributed by atoms with Crippen LogP contribution in [-0.4, -0.2) is 49.0 Å². The molecule has 2 aromatic rings. The van der Waals surface area contributed by atoms with Gasteiger partial charge in [-0.05, 0) is 56.4 Å². The first kappa shape index (κ1) is 25.8. The highest BCUT2D eigenvalue weighted by molar-refractivity contribution is 7.81. The molecule has 0 radical (unpaired) electrons. The van der Waals surface area contributed by atoms with E-state index in [1.54, 1.807) is 0 Å². The molecule has 190 valence electrons. The minimum atomic E-state index is -4.81. The van der Waals surface area contributed by atoms with Crippen molar-refractivity contribution in [1.82, 2.24) is 5.32 Å². The van der Waals surface area contributed by atoms with Crippen molar-refractivity contribution in [3.05, 3.63) is 53.3 Å². The van der Waals surface area contributed by atoms with Crippen molar-refractivity contribution in [2.75, 3.05) is 30.0 Å². The Morgan fingerprint density at radius 1 is 1.14 bits per heavy atom. The molecule has 2 heterocycles. The monoisotopic (exact) mass is 522 g/mol. The zero-order valence-corrected chi connectivity index (χ0v) is 20.3. The number of alkyl halides is 3. The molecule has 0 aliphatic carbocycles. The van der Waals surface area contributed by atoms with Crippen LogP contribution in [0.2, 0.25) is 0 Å². The Hall–Kier alpha value is -3.27. The molecule has 0 aromatic heterocycles. The van der Waals surface area contributed by atoms with Crippen molar-refractivity contribution in [3.8, 4) is 11.8 Å². The lowest BCUT2D eigenvalue weighted by molar-refractivity contribution is -0.137. The van der Waals surface area contributed by atoms with Gasteiger partial charge in [0.05, 0.1) is 22.9 Å². The number of hydrogen-bond donors (Lipinski definition) is 1.